The molecule has 1 aliphatic heterocycles. The van der Waals surface area contributed by atoms with Crippen LogP contribution >= 0.6 is 0 Å². The molecule has 7 nitrogen and oxygen atoms in total. The number of benzene rings is 3. The van der Waals surface area contributed by atoms with Crippen LogP contribution in [0.4, 0.5) is 5.69 Å². The third kappa shape index (κ3) is 4.13. The lowest BCUT2D eigenvalue weighted by molar-refractivity contribution is 0.0471. The SMILES string of the molecule is COC(=O)c1ccc(COC(=O)c2ccc3c(c2)C(=O)N(c2cc(C)ccc2C)C3=O)cc1. The van der Waals surface area contributed by atoms with E-state index < -0.39 is 23.8 Å². The normalized spacial score (nSPS) is 12.5. The second kappa shape index (κ2) is 8.70. The van der Waals surface area contributed by atoms with Crippen LogP contribution in [0.25, 0.3) is 0 Å². The molecule has 7 heteroatoms. The number of hydrogen-bond acceptors (Lipinski definition) is 6. The lowest BCUT2D eigenvalue weighted by Gasteiger charge is -2.17. The standard InChI is InChI=1S/C26H21NO6/c1-15-4-5-16(2)22(12-15)27-23(28)20-11-10-19(13-21(20)24(27)29)26(31)33-14-17-6-8-18(9-7-17)25(30)32-3/h4-13H,14H2,1-3H3. The number of imide groups is 1. The smallest absolute Gasteiger partial charge is 0.338 e. The highest BCUT2D eigenvalue weighted by atomic mass is 16.5. The van der Waals surface area contributed by atoms with Gasteiger partial charge in [0.25, 0.3) is 11.8 Å². The molecule has 0 spiro atoms. The van der Waals surface area contributed by atoms with Crippen LogP contribution in [-0.2, 0) is 16.1 Å². The van der Waals surface area contributed by atoms with Crippen molar-refractivity contribution in [2.75, 3.05) is 12.0 Å². The molecule has 0 N–H and O–H groups in total. The fraction of sp³-hybridized carbons (Fsp3) is 0.154. The van der Waals surface area contributed by atoms with E-state index >= 15 is 0 Å². The molecule has 166 valence electrons. The van der Waals surface area contributed by atoms with Gasteiger partial charge in [0.1, 0.15) is 6.61 Å². The van der Waals surface area contributed by atoms with Gasteiger partial charge < -0.3 is 9.47 Å². The molecule has 1 heterocycles. The van der Waals surface area contributed by atoms with Gasteiger partial charge in [0.05, 0.1) is 35.1 Å². The summed E-state index contributed by atoms with van der Waals surface area (Å²) in [7, 11) is 1.30. The Morgan fingerprint density at radius 3 is 2.15 bits per heavy atom. The summed E-state index contributed by atoms with van der Waals surface area (Å²) in [5, 5.41) is 0. The van der Waals surface area contributed by atoms with Crippen molar-refractivity contribution in [2.45, 2.75) is 20.5 Å². The number of nitrogens with zero attached hydrogens (tertiary/aromatic N) is 1. The van der Waals surface area contributed by atoms with Gasteiger partial charge in [-0.25, -0.2) is 14.5 Å². The van der Waals surface area contributed by atoms with Crippen LogP contribution in [0.1, 0.15) is 58.1 Å². The second-order valence-corrected chi connectivity index (χ2v) is 7.76. The maximum absolute atomic E-state index is 13.1. The van der Waals surface area contributed by atoms with Crippen molar-refractivity contribution in [2.24, 2.45) is 0 Å². The molecule has 2 amide bonds. The Morgan fingerprint density at radius 1 is 0.788 bits per heavy atom. The Morgan fingerprint density at radius 2 is 1.45 bits per heavy atom. The Balaban J connectivity index is 1.51. The van der Waals surface area contributed by atoms with E-state index in [-0.39, 0.29) is 23.3 Å². The minimum Gasteiger partial charge on any atom is -0.465 e. The van der Waals surface area contributed by atoms with Crippen LogP contribution in [0.2, 0.25) is 0 Å². The first kappa shape index (κ1) is 22.0. The van der Waals surface area contributed by atoms with Crippen LogP contribution in [0.3, 0.4) is 0 Å². The number of carbonyl (C=O) groups excluding carboxylic acids is 4. The minimum absolute atomic E-state index is 0.0150. The Labute approximate surface area is 190 Å². The van der Waals surface area contributed by atoms with Gasteiger partial charge in [0, 0.05) is 0 Å². The second-order valence-electron chi connectivity index (χ2n) is 7.76. The van der Waals surface area contributed by atoms with E-state index in [4.69, 9.17) is 4.74 Å². The predicted octanol–water partition coefficient (Wildman–Crippen LogP) is 4.25. The van der Waals surface area contributed by atoms with Gasteiger partial charge in [-0.2, -0.15) is 0 Å². The number of rotatable bonds is 5. The highest BCUT2D eigenvalue weighted by Crippen LogP contribution is 2.32. The van der Waals surface area contributed by atoms with E-state index in [1.54, 1.807) is 30.3 Å². The van der Waals surface area contributed by atoms with Crippen molar-refractivity contribution < 1.29 is 28.7 Å². The van der Waals surface area contributed by atoms with E-state index in [1.807, 2.05) is 26.0 Å². The minimum atomic E-state index is -0.625. The Bertz CT molecular complexity index is 1290. The number of esters is 2. The zero-order chi connectivity index (χ0) is 23.7. The number of hydrogen-bond donors (Lipinski definition) is 0. The van der Waals surface area contributed by atoms with Crippen molar-refractivity contribution in [1.82, 2.24) is 0 Å². The van der Waals surface area contributed by atoms with E-state index in [9.17, 15) is 19.2 Å². The van der Waals surface area contributed by atoms with Crippen LogP contribution in [0.5, 0.6) is 0 Å². The molecule has 0 atom stereocenters. The fourth-order valence-electron chi connectivity index (χ4n) is 3.63. The van der Waals surface area contributed by atoms with Crippen molar-refractivity contribution >= 4 is 29.4 Å². The summed E-state index contributed by atoms with van der Waals surface area (Å²) in [4.78, 5) is 51.2. The fourth-order valence-corrected chi connectivity index (χ4v) is 3.63. The molecular formula is C26H21NO6. The van der Waals surface area contributed by atoms with Gasteiger partial charge in [0.15, 0.2) is 0 Å². The van der Waals surface area contributed by atoms with Crippen molar-refractivity contribution in [3.05, 3.63) is 99.6 Å². The van der Waals surface area contributed by atoms with E-state index in [1.165, 1.54) is 25.3 Å². The van der Waals surface area contributed by atoms with E-state index in [0.717, 1.165) is 16.0 Å². The van der Waals surface area contributed by atoms with Gasteiger partial charge in [-0.05, 0) is 66.9 Å². The number of fused-ring (bicyclic) bond motifs is 1. The molecular weight excluding hydrogens is 422 g/mol. The quantitative estimate of drug-likeness (QED) is 0.433. The summed E-state index contributed by atoms with van der Waals surface area (Å²) >= 11 is 0. The molecule has 0 fully saturated rings. The maximum atomic E-state index is 13.1. The summed E-state index contributed by atoms with van der Waals surface area (Å²) < 4.78 is 10.00. The number of carbonyl (C=O) groups is 4. The molecule has 33 heavy (non-hydrogen) atoms. The number of anilines is 1. The number of aryl methyl sites for hydroxylation is 2. The summed E-state index contributed by atoms with van der Waals surface area (Å²) in [5.74, 6) is -1.97. The lowest BCUT2D eigenvalue weighted by atomic mass is 10.1. The van der Waals surface area contributed by atoms with Crippen LogP contribution in [0.15, 0.2) is 60.7 Å². The van der Waals surface area contributed by atoms with E-state index in [2.05, 4.69) is 4.74 Å². The molecule has 0 unspecified atom stereocenters. The van der Waals surface area contributed by atoms with Crippen LogP contribution in [0, 0.1) is 13.8 Å². The molecule has 4 rings (SSSR count). The first-order valence-corrected chi connectivity index (χ1v) is 10.2. The predicted molar refractivity (Wildman–Crippen MR) is 120 cm³/mol. The zero-order valence-electron chi connectivity index (χ0n) is 18.4. The van der Waals surface area contributed by atoms with Crippen LogP contribution < -0.4 is 4.90 Å². The number of amides is 2. The van der Waals surface area contributed by atoms with Crippen molar-refractivity contribution in [3.8, 4) is 0 Å². The third-order valence-electron chi connectivity index (χ3n) is 5.47. The van der Waals surface area contributed by atoms with Gasteiger partial charge in [-0.3, -0.25) is 9.59 Å². The topological polar surface area (TPSA) is 90.0 Å². The molecule has 0 saturated heterocycles. The average Bonchev–Trinajstić information content (AvgIpc) is 3.08. The molecule has 0 saturated carbocycles. The lowest BCUT2D eigenvalue weighted by Crippen LogP contribution is -2.30. The van der Waals surface area contributed by atoms with Crippen molar-refractivity contribution in [3.63, 3.8) is 0 Å². The number of ether oxygens (including phenoxy) is 2. The maximum Gasteiger partial charge on any atom is 0.338 e. The molecule has 1 aliphatic rings. The van der Waals surface area contributed by atoms with E-state index in [0.29, 0.717) is 16.8 Å². The van der Waals surface area contributed by atoms with Crippen LogP contribution in [-0.4, -0.2) is 30.9 Å². The molecule has 0 aliphatic carbocycles. The van der Waals surface area contributed by atoms with Gasteiger partial charge in [0.2, 0.25) is 0 Å². The summed E-state index contributed by atoms with van der Waals surface area (Å²) in [6.45, 7) is 3.70. The molecule has 0 bridgehead atoms. The highest BCUT2D eigenvalue weighted by molar-refractivity contribution is 6.35. The highest BCUT2D eigenvalue weighted by Gasteiger charge is 2.38. The molecule has 3 aromatic rings. The Hall–Kier alpha value is -4.26. The number of methoxy groups -OCH3 is 1. The van der Waals surface area contributed by atoms with Gasteiger partial charge >= 0.3 is 11.9 Å². The molecule has 0 aromatic heterocycles. The molecule has 3 aromatic carbocycles. The first-order valence-electron chi connectivity index (χ1n) is 10.2. The third-order valence-corrected chi connectivity index (χ3v) is 5.47. The van der Waals surface area contributed by atoms with Gasteiger partial charge in [-0.15, -0.1) is 0 Å². The largest absolute Gasteiger partial charge is 0.465 e. The summed E-state index contributed by atoms with van der Waals surface area (Å²) in [5.41, 5.74) is 3.91. The summed E-state index contributed by atoms with van der Waals surface area (Å²) in [6.07, 6.45) is 0. The zero-order valence-corrected chi connectivity index (χ0v) is 18.4. The summed E-state index contributed by atoms with van der Waals surface area (Å²) in [6, 6.07) is 16.4. The Kier molecular flexibility index (Phi) is 5.79. The van der Waals surface area contributed by atoms with Crippen molar-refractivity contribution in [1.29, 1.82) is 0 Å². The average molecular weight is 443 g/mol. The monoisotopic (exact) mass is 443 g/mol. The first-order chi connectivity index (χ1) is 15.8. The van der Waals surface area contributed by atoms with Gasteiger partial charge in [-0.1, -0.05) is 24.3 Å². The molecule has 0 radical (unpaired) electrons.